The van der Waals surface area contributed by atoms with Crippen molar-refractivity contribution in [3.05, 3.63) is 121 Å². The number of aromatic nitrogens is 1. The summed E-state index contributed by atoms with van der Waals surface area (Å²) >= 11 is 3.32. The molecule has 2 aliphatic rings. The molecule has 1 aromatic heterocycles. The zero-order valence-corrected chi connectivity index (χ0v) is 24.6. The number of nitrogens with zero attached hydrogens (tertiary/aromatic N) is 2. The SMILES string of the molecule is CCC(Sc1cccc(NC(=O)N2c3ccccc3SC3C=CC=CC32)c1)C(=O)n1c2ccccc2c2ccccc21. The summed E-state index contributed by atoms with van der Waals surface area (Å²) in [7, 11) is 0. The van der Waals surface area contributed by atoms with Crippen LogP contribution in [-0.4, -0.2) is 33.0 Å². The van der Waals surface area contributed by atoms with E-state index < -0.39 is 0 Å². The van der Waals surface area contributed by atoms with E-state index in [4.69, 9.17) is 0 Å². The van der Waals surface area contributed by atoms with Gasteiger partial charge < -0.3 is 5.32 Å². The van der Waals surface area contributed by atoms with Crippen molar-refractivity contribution >= 4 is 68.6 Å². The molecule has 0 bridgehead atoms. The number of urea groups is 1. The number of nitrogens with one attached hydrogen (secondary N) is 1. The van der Waals surface area contributed by atoms with E-state index in [1.807, 2.05) is 107 Å². The van der Waals surface area contributed by atoms with Crippen LogP contribution in [0.3, 0.4) is 0 Å². The molecule has 42 heavy (non-hydrogen) atoms. The van der Waals surface area contributed by atoms with E-state index in [0.29, 0.717) is 12.1 Å². The summed E-state index contributed by atoms with van der Waals surface area (Å²) in [5, 5.41) is 5.17. The minimum atomic E-state index is -0.291. The Morgan fingerprint density at radius 3 is 2.31 bits per heavy atom. The number of allylic oxidation sites excluding steroid dienone is 2. The predicted molar refractivity (Wildman–Crippen MR) is 176 cm³/mol. The lowest BCUT2D eigenvalue weighted by molar-refractivity contribution is 0.0919. The second kappa shape index (κ2) is 11.2. The average molecular weight is 588 g/mol. The highest BCUT2D eigenvalue weighted by atomic mass is 32.2. The van der Waals surface area contributed by atoms with Crippen molar-refractivity contribution in [2.45, 2.75) is 39.7 Å². The van der Waals surface area contributed by atoms with E-state index in [-0.39, 0.29) is 28.5 Å². The van der Waals surface area contributed by atoms with Gasteiger partial charge in [-0.3, -0.25) is 14.3 Å². The number of para-hydroxylation sites is 3. The number of fused-ring (bicyclic) bond motifs is 5. The number of thioether (sulfide) groups is 2. The molecule has 3 atom stereocenters. The van der Waals surface area contributed by atoms with Crippen molar-refractivity contribution < 1.29 is 9.59 Å². The van der Waals surface area contributed by atoms with E-state index >= 15 is 0 Å². The zero-order chi connectivity index (χ0) is 28.6. The van der Waals surface area contributed by atoms with Crippen LogP contribution in [0.4, 0.5) is 16.2 Å². The second-order valence-electron chi connectivity index (χ2n) is 10.4. The van der Waals surface area contributed by atoms with Crippen LogP contribution in [-0.2, 0) is 0 Å². The number of hydrogen-bond acceptors (Lipinski definition) is 4. The Balaban J connectivity index is 1.15. The molecule has 7 rings (SSSR count). The fourth-order valence-corrected chi connectivity index (χ4v) is 8.14. The molecule has 0 radical (unpaired) electrons. The number of benzene rings is 4. The Labute approximate surface area is 253 Å². The van der Waals surface area contributed by atoms with E-state index in [9.17, 15) is 9.59 Å². The number of carbonyl (C=O) groups excluding carboxylic acids is 2. The molecule has 0 fully saturated rings. The van der Waals surface area contributed by atoms with E-state index in [1.54, 1.807) is 11.8 Å². The van der Waals surface area contributed by atoms with Gasteiger partial charge in [0.2, 0.25) is 5.91 Å². The minimum Gasteiger partial charge on any atom is -0.307 e. The summed E-state index contributed by atoms with van der Waals surface area (Å²) in [5.41, 5.74) is 3.46. The van der Waals surface area contributed by atoms with Crippen LogP contribution < -0.4 is 10.2 Å². The van der Waals surface area contributed by atoms with Crippen molar-refractivity contribution in [1.29, 1.82) is 0 Å². The highest BCUT2D eigenvalue weighted by Gasteiger charge is 2.36. The first-order chi connectivity index (χ1) is 20.6. The first-order valence-electron chi connectivity index (χ1n) is 14.1. The molecule has 2 amide bonds. The molecule has 1 aliphatic heterocycles. The molecule has 4 aromatic carbocycles. The molecule has 2 heterocycles. The van der Waals surface area contributed by atoms with Crippen LogP contribution in [0.2, 0.25) is 0 Å². The number of rotatable bonds is 5. The van der Waals surface area contributed by atoms with Crippen LogP contribution in [0, 0.1) is 0 Å². The topological polar surface area (TPSA) is 54.3 Å². The molecule has 208 valence electrons. The van der Waals surface area contributed by atoms with Crippen LogP contribution in [0.5, 0.6) is 0 Å². The Bertz CT molecular complexity index is 1840. The number of amides is 2. The maximum absolute atomic E-state index is 14.0. The van der Waals surface area contributed by atoms with Crippen LogP contribution in [0.25, 0.3) is 21.8 Å². The number of anilines is 2. The third kappa shape index (κ3) is 4.72. The van der Waals surface area contributed by atoms with Crippen molar-refractivity contribution in [3.63, 3.8) is 0 Å². The quantitative estimate of drug-likeness (QED) is 0.209. The van der Waals surface area contributed by atoms with Gasteiger partial charge in [0, 0.05) is 26.3 Å². The summed E-state index contributed by atoms with van der Waals surface area (Å²) in [6, 6.07) is 31.8. The molecule has 1 aliphatic carbocycles. The molecule has 5 nitrogen and oxygen atoms in total. The van der Waals surface area contributed by atoms with Gasteiger partial charge >= 0.3 is 6.03 Å². The predicted octanol–water partition coefficient (Wildman–Crippen LogP) is 9.01. The van der Waals surface area contributed by atoms with E-state index in [0.717, 1.165) is 37.3 Å². The summed E-state index contributed by atoms with van der Waals surface area (Å²) in [5.74, 6) is 0.0555. The van der Waals surface area contributed by atoms with Crippen molar-refractivity contribution in [1.82, 2.24) is 4.57 Å². The largest absolute Gasteiger partial charge is 0.326 e. The highest BCUT2D eigenvalue weighted by molar-refractivity contribution is 8.00. The smallest absolute Gasteiger partial charge is 0.307 e. The highest BCUT2D eigenvalue weighted by Crippen LogP contribution is 2.44. The van der Waals surface area contributed by atoms with Crippen molar-refractivity contribution in [3.8, 4) is 0 Å². The summed E-state index contributed by atoms with van der Waals surface area (Å²) in [4.78, 5) is 31.7. The number of carbonyl (C=O) groups is 2. The maximum Gasteiger partial charge on any atom is 0.326 e. The van der Waals surface area contributed by atoms with E-state index in [1.165, 1.54) is 11.8 Å². The molecule has 0 saturated carbocycles. The lowest BCUT2D eigenvalue weighted by Gasteiger charge is -2.40. The molecule has 0 saturated heterocycles. The van der Waals surface area contributed by atoms with Gasteiger partial charge in [0.15, 0.2) is 0 Å². The minimum absolute atomic E-state index is 0.0555. The van der Waals surface area contributed by atoms with Crippen molar-refractivity contribution in [2.24, 2.45) is 0 Å². The van der Waals surface area contributed by atoms with E-state index in [2.05, 4.69) is 35.7 Å². The van der Waals surface area contributed by atoms with Gasteiger partial charge in [-0.15, -0.1) is 23.5 Å². The lowest BCUT2D eigenvalue weighted by Crippen LogP contribution is -2.49. The van der Waals surface area contributed by atoms with Gasteiger partial charge in [-0.05, 0) is 48.9 Å². The molecule has 3 unspecified atom stereocenters. The Morgan fingerprint density at radius 1 is 0.857 bits per heavy atom. The summed E-state index contributed by atoms with van der Waals surface area (Å²) in [6.45, 7) is 2.05. The molecular formula is C35H29N3O2S2. The van der Waals surface area contributed by atoms with Crippen LogP contribution in [0.15, 0.2) is 131 Å². The van der Waals surface area contributed by atoms with Crippen molar-refractivity contribution in [2.75, 3.05) is 10.2 Å². The first-order valence-corrected chi connectivity index (χ1v) is 15.9. The molecule has 7 heteroatoms. The monoisotopic (exact) mass is 587 g/mol. The Kier molecular flexibility index (Phi) is 7.14. The van der Waals surface area contributed by atoms with Gasteiger partial charge in [0.25, 0.3) is 0 Å². The third-order valence-electron chi connectivity index (χ3n) is 7.77. The average Bonchev–Trinajstić information content (AvgIpc) is 3.36. The molecular weight excluding hydrogens is 559 g/mol. The fraction of sp³-hybridized carbons (Fsp3) is 0.143. The van der Waals surface area contributed by atoms with Gasteiger partial charge in [0.05, 0.1) is 33.3 Å². The fourth-order valence-electron chi connectivity index (χ4n) is 5.83. The molecule has 5 aromatic rings. The normalized spacial score (nSPS) is 18.1. The molecule has 1 N–H and O–H groups in total. The Hall–Kier alpha value is -4.20. The van der Waals surface area contributed by atoms with Gasteiger partial charge in [0.1, 0.15) is 0 Å². The van der Waals surface area contributed by atoms with Gasteiger partial charge in [-0.25, -0.2) is 4.79 Å². The zero-order valence-electron chi connectivity index (χ0n) is 23.0. The third-order valence-corrected chi connectivity index (χ3v) is 10.4. The van der Waals surface area contributed by atoms with Gasteiger partial charge in [-0.2, -0.15) is 0 Å². The summed E-state index contributed by atoms with van der Waals surface area (Å²) in [6.07, 6.45) is 8.97. The maximum atomic E-state index is 14.0. The lowest BCUT2D eigenvalue weighted by atomic mass is 10.1. The van der Waals surface area contributed by atoms with Gasteiger partial charge in [-0.1, -0.05) is 85.8 Å². The standard InChI is InChI=1S/C35H29N3O2S2/c1-2-31(34(39)37-27-16-5-3-14-25(27)26-15-4-6-17-28(26)37)41-24-13-11-12-23(22-24)36-35(40)38-29-18-7-9-20-32(29)42-33-21-10-8-19-30(33)38/h3-22,29,31-32H,2H2,1H3,(H,36,40). The molecule has 0 spiro atoms. The van der Waals surface area contributed by atoms with Crippen LogP contribution in [0.1, 0.15) is 18.1 Å². The Morgan fingerprint density at radius 2 is 1.55 bits per heavy atom. The first kappa shape index (κ1) is 26.7. The number of hydrogen-bond donors (Lipinski definition) is 1. The second-order valence-corrected chi connectivity index (χ2v) is 12.9. The van der Waals surface area contributed by atoms with Crippen LogP contribution >= 0.6 is 23.5 Å². The summed E-state index contributed by atoms with van der Waals surface area (Å²) < 4.78 is 1.87.